The molecule has 29 heavy (non-hydrogen) atoms. The Hall–Kier alpha value is -2.54. The fourth-order valence-electron chi connectivity index (χ4n) is 3.52. The molecule has 0 unspecified atom stereocenters. The summed E-state index contributed by atoms with van der Waals surface area (Å²) in [6.07, 6.45) is 4.43. The van der Waals surface area contributed by atoms with Gasteiger partial charge in [-0.15, -0.1) is 5.10 Å². The number of piperazine rings is 1. The lowest BCUT2D eigenvalue weighted by molar-refractivity contribution is 0.109. The van der Waals surface area contributed by atoms with Crippen LogP contribution in [0.4, 0.5) is 0 Å². The van der Waals surface area contributed by atoms with Gasteiger partial charge in [0.05, 0.1) is 6.67 Å². The molecule has 0 amide bonds. The molecule has 5 nitrogen and oxygen atoms in total. The van der Waals surface area contributed by atoms with E-state index in [-0.39, 0.29) is 0 Å². The molecule has 0 bridgehead atoms. The molecule has 1 aliphatic rings. The van der Waals surface area contributed by atoms with Crippen LogP contribution in [0, 0.1) is 11.8 Å². The maximum absolute atomic E-state index is 5.76. The van der Waals surface area contributed by atoms with E-state index >= 15 is 0 Å². The SMILES string of the molecule is Cc1ccccc1-c1nn(CN2CCN(C/C=C/c3ccccc3)CC2)c(=S)o1. The molecule has 0 spiro atoms. The average Bonchev–Trinajstić information content (AvgIpc) is 3.10. The molecule has 4 rings (SSSR count). The van der Waals surface area contributed by atoms with Gasteiger partial charge in [0.2, 0.25) is 5.89 Å². The normalized spacial score (nSPS) is 15.9. The number of benzene rings is 2. The van der Waals surface area contributed by atoms with Crippen molar-refractivity contribution in [1.82, 2.24) is 19.6 Å². The van der Waals surface area contributed by atoms with Crippen molar-refractivity contribution in [3.8, 4) is 11.5 Å². The van der Waals surface area contributed by atoms with Crippen LogP contribution in [0.15, 0.2) is 65.1 Å². The minimum absolute atomic E-state index is 0.427. The van der Waals surface area contributed by atoms with E-state index in [1.165, 1.54) is 5.56 Å². The highest BCUT2D eigenvalue weighted by molar-refractivity contribution is 7.71. The summed E-state index contributed by atoms with van der Waals surface area (Å²) >= 11 is 5.40. The Morgan fingerprint density at radius 1 is 0.966 bits per heavy atom. The van der Waals surface area contributed by atoms with Crippen molar-refractivity contribution in [2.45, 2.75) is 13.6 Å². The molecule has 2 heterocycles. The third kappa shape index (κ3) is 5.09. The zero-order valence-corrected chi connectivity index (χ0v) is 17.5. The van der Waals surface area contributed by atoms with E-state index in [1.807, 2.05) is 24.3 Å². The Bertz CT molecular complexity index is 1020. The highest BCUT2D eigenvalue weighted by Crippen LogP contribution is 2.21. The lowest BCUT2D eigenvalue weighted by Gasteiger charge is -2.33. The van der Waals surface area contributed by atoms with Gasteiger partial charge in [-0.05, 0) is 36.3 Å². The molecule has 1 aromatic heterocycles. The first-order valence-electron chi connectivity index (χ1n) is 9.99. The van der Waals surface area contributed by atoms with Crippen LogP contribution in [0.5, 0.6) is 0 Å². The van der Waals surface area contributed by atoms with Crippen molar-refractivity contribution in [3.05, 3.63) is 76.6 Å². The van der Waals surface area contributed by atoms with Crippen molar-refractivity contribution in [3.63, 3.8) is 0 Å². The third-order valence-electron chi connectivity index (χ3n) is 5.25. The van der Waals surface area contributed by atoms with Gasteiger partial charge in [0.25, 0.3) is 4.84 Å². The molecule has 0 atom stereocenters. The van der Waals surface area contributed by atoms with Crippen LogP contribution >= 0.6 is 12.2 Å². The predicted molar refractivity (Wildman–Crippen MR) is 119 cm³/mol. The van der Waals surface area contributed by atoms with E-state index in [9.17, 15) is 0 Å². The molecule has 2 aromatic carbocycles. The fraction of sp³-hybridized carbons (Fsp3) is 0.304. The lowest BCUT2D eigenvalue weighted by Crippen LogP contribution is -2.46. The number of aromatic nitrogens is 2. The Kier molecular flexibility index (Phi) is 6.34. The van der Waals surface area contributed by atoms with E-state index in [0.717, 1.165) is 43.9 Å². The summed E-state index contributed by atoms with van der Waals surface area (Å²) in [5, 5.41) is 4.62. The van der Waals surface area contributed by atoms with Crippen molar-refractivity contribution in [1.29, 1.82) is 0 Å². The molecular weight excluding hydrogens is 380 g/mol. The van der Waals surface area contributed by atoms with Crippen LogP contribution in [0.1, 0.15) is 11.1 Å². The van der Waals surface area contributed by atoms with Crippen LogP contribution in [-0.2, 0) is 6.67 Å². The fourth-order valence-corrected chi connectivity index (χ4v) is 3.70. The second kappa shape index (κ2) is 9.31. The molecule has 0 N–H and O–H groups in total. The Balaban J connectivity index is 1.30. The average molecular weight is 407 g/mol. The molecular formula is C23H26N4OS. The van der Waals surface area contributed by atoms with Crippen molar-refractivity contribution in [2.75, 3.05) is 32.7 Å². The topological polar surface area (TPSA) is 37.4 Å². The Morgan fingerprint density at radius 3 is 2.41 bits per heavy atom. The summed E-state index contributed by atoms with van der Waals surface area (Å²) in [5.74, 6) is 0.595. The van der Waals surface area contributed by atoms with Gasteiger partial charge in [-0.3, -0.25) is 9.80 Å². The second-order valence-electron chi connectivity index (χ2n) is 7.36. The summed E-state index contributed by atoms with van der Waals surface area (Å²) in [6, 6.07) is 18.5. The van der Waals surface area contributed by atoms with Crippen LogP contribution < -0.4 is 0 Å². The van der Waals surface area contributed by atoms with Crippen molar-refractivity contribution >= 4 is 18.3 Å². The summed E-state index contributed by atoms with van der Waals surface area (Å²) in [4.78, 5) is 5.27. The van der Waals surface area contributed by atoms with E-state index in [0.29, 0.717) is 17.4 Å². The number of hydrogen-bond donors (Lipinski definition) is 0. The minimum Gasteiger partial charge on any atom is -0.409 e. The summed E-state index contributed by atoms with van der Waals surface area (Å²) in [7, 11) is 0. The van der Waals surface area contributed by atoms with Crippen LogP contribution in [-0.4, -0.2) is 52.3 Å². The highest BCUT2D eigenvalue weighted by atomic mass is 32.1. The molecule has 3 aromatic rings. The maximum Gasteiger partial charge on any atom is 0.288 e. The zero-order valence-electron chi connectivity index (χ0n) is 16.7. The van der Waals surface area contributed by atoms with Crippen LogP contribution in [0.3, 0.4) is 0 Å². The quantitative estimate of drug-likeness (QED) is 0.565. The molecule has 150 valence electrons. The Labute approximate surface area is 176 Å². The summed E-state index contributed by atoms with van der Waals surface area (Å²) in [5.41, 5.74) is 3.37. The largest absolute Gasteiger partial charge is 0.409 e. The second-order valence-corrected chi connectivity index (χ2v) is 7.71. The first-order valence-corrected chi connectivity index (χ1v) is 10.4. The molecule has 1 fully saturated rings. The molecule has 6 heteroatoms. The molecule has 0 radical (unpaired) electrons. The van der Waals surface area contributed by atoms with Gasteiger partial charge >= 0.3 is 0 Å². The number of hydrogen-bond acceptors (Lipinski definition) is 5. The third-order valence-corrected chi connectivity index (χ3v) is 5.55. The van der Waals surface area contributed by atoms with Gasteiger partial charge in [-0.2, -0.15) is 0 Å². The standard InChI is InChI=1S/C23H26N4OS/c1-19-8-5-6-12-21(19)22-24-27(23(29)28-22)18-26-16-14-25(15-17-26)13-7-11-20-9-3-2-4-10-20/h2-12H,13-18H2,1H3/b11-7+. The number of rotatable bonds is 6. The first-order chi connectivity index (χ1) is 14.2. The van der Waals surface area contributed by atoms with E-state index < -0.39 is 0 Å². The van der Waals surface area contributed by atoms with Crippen LogP contribution in [0.2, 0.25) is 0 Å². The first kappa shape index (κ1) is 19.8. The Morgan fingerprint density at radius 2 is 1.66 bits per heavy atom. The monoisotopic (exact) mass is 406 g/mol. The number of nitrogens with zero attached hydrogens (tertiary/aromatic N) is 4. The van der Waals surface area contributed by atoms with Gasteiger partial charge in [-0.1, -0.05) is 60.7 Å². The maximum atomic E-state index is 5.76. The summed E-state index contributed by atoms with van der Waals surface area (Å²) < 4.78 is 7.55. The minimum atomic E-state index is 0.427. The van der Waals surface area contributed by atoms with E-state index in [2.05, 4.69) is 64.3 Å². The van der Waals surface area contributed by atoms with Crippen molar-refractivity contribution < 1.29 is 4.42 Å². The van der Waals surface area contributed by atoms with Gasteiger partial charge in [0.15, 0.2) is 0 Å². The van der Waals surface area contributed by atoms with E-state index in [4.69, 9.17) is 16.6 Å². The predicted octanol–water partition coefficient (Wildman–Crippen LogP) is 4.47. The lowest BCUT2D eigenvalue weighted by atomic mass is 10.1. The van der Waals surface area contributed by atoms with Gasteiger partial charge < -0.3 is 4.42 Å². The molecule has 0 saturated carbocycles. The van der Waals surface area contributed by atoms with E-state index in [1.54, 1.807) is 4.68 Å². The highest BCUT2D eigenvalue weighted by Gasteiger charge is 2.18. The molecule has 1 saturated heterocycles. The van der Waals surface area contributed by atoms with Gasteiger partial charge in [-0.25, -0.2) is 4.68 Å². The van der Waals surface area contributed by atoms with Crippen LogP contribution in [0.25, 0.3) is 17.5 Å². The zero-order chi connectivity index (χ0) is 20.1. The smallest absolute Gasteiger partial charge is 0.288 e. The molecule has 0 aliphatic carbocycles. The van der Waals surface area contributed by atoms with Crippen molar-refractivity contribution in [2.24, 2.45) is 0 Å². The number of aryl methyl sites for hydroxylation is 1. The molecule has 1 aliphatic heterocycles. The van der Waals surface area contributed by atoms with Gasteiger partial charge in [0, 0.05) is 38.3 Å². The van der Waals surface area contributed by atoms with Gasteiger partial charge in [0.1, 0.15) is 0 Å². The summed E-state index contributed by atoms with van der Waals surface area (Å²) in [6.45, 7) is 7.76.